The van der Waals surface area contributed by atoms with E-state index in [0.29, 0.717) is 12.2 Å². The number of fused-ring (bicyclic) bond motifs is 1. The van der Waals surface area contributed by atoms with Crippen LogP contribution >= 0.6 is 0 Å². The largest absolute Gasteiger partial charge is 0.383 e. The summed E-state index contributed by atoms with van der Waals surface area (Å²) < 4.78 is 3.19. The number of aromatic amines is 1. The number of nitrogens with two attached hydrogens (primary N) is 1. The molecule has 2 heterocycles. The molecule has 9 nitrogen and oxygen atoms in total. The van der Waals surface area contributed by atoms with Gasteiger partial charge in [-0.15, -0.1) is 0 Å². The molecule has 0 fully saturated rings. The van der Waals surface area contributed by atoms with Crippen LogP contribution in [-0.4, -0.2) is 31.8 Å². The Balaban J connectivity index is 1.83. The first-order valence-electron chi connectivity index (χ1n) is 12.1. The van der Waals surface area contributed by atoms with Gasteiger partial charge in [0.2, 0.25) is 0 Å². The van der Waals surface area contributed by atoms with Gasteiger partial charge in [0.05, 0.1) is 5.69 Å². The van der Waals surface area contributed by atoms with Crippen molar-refractivity contribution in [2.75, 3.05) is 17.2 Å². The number of nitrogens with one attached hydrogen (secondary N) is 1. The van der Waals surface area contributed by atoms with Gasteiger partial charge in [-0.1, -0.05) is 38.0 Å². The Morgan fingerprint density at radius 3 is 2.56 bits per heavy atom. The maximum atomic E-state index is 13.9. The van der Waals surface area contributed by atoms with E-state index < -0.39 is 11.2 Å². The fraction of sp³-hybridized carbons (Fsp3) is 0.440. The normalized spacial score (nSPS) is 13.4. The first kappa shape index (κ1) is 23.5. The number of carbonyl (C=O) groups is 1. The van der Waals surface area contributed by atoms with Crippen molar-refractivity contribution in [3.8, 4) is 5.69 Å². The summed E-state index contributed by atoms with van der Waals surface area (Å²) in [6, 6.07) is 9.77. The molecule has 0 unspecified atom stereocenters. The van der Waals surface area contributed by atoms with Gasteiger partial charge in [0.1, 0.15) is 5.82 Å². The zero-order valence-electron chi connectivity index (χ0n) is 19.8. The molecule has 0 spiro atoms. The molecule has 0 saturated carbocycles. The Bertz CT molecular complexity index is 1290. The minimum Gasteiger partial charge on any atom is -0.383 e. The molecule has 0 atom stereocenters. The third kappa shape index (κ3) is 4.30. The van der Waals surface area contributed by atoms with Crippen molar-refractivity contribution in [2.24, 2.45) is 0 Å². The number of nitrogens with zero attached hydrogens (tertiary/aromatic N) is 4. The highest BCUT2D eigenvalue weighted by Gasteiger charge is 2.30. The molecule has 9 heteroatoms. The van der Waals surface area contributed by atoms with Gasteiger partial charge in [-0.3, -0.25) is 24.0 Å². The number of para-hydroxylation sites is 1. The van der Waals surface area contributed by atoms with Gasteiger partial charge in [-0.25, -0.2) is 9.48 Å². The number of hydrogen-bond acceptors (Lipinski definition) is 5. The second-order valence-corrected chi connectivity index (χ2v) is 8.63. The fourth-order valence-corrected chi connectivity index (χ4v) is 4.64. The lowest BCUT2D eigenvalue weighted by atomic mass is 10.1. The van der Waals surface area contributed by atoms with Crippen molar-refractivity contribution in [3.05, 3.63) is 68.1 Å². The van der Waals surface area contributed by atoms with Crippen LogP contribution in [0, 0.1) is 0 Å². The average Bonchev–Trinajstić information content (AvgIpc) is 3.02. The smallest absolute Gasteiger partial charge is 0.330 e. The van der Waals surface area contributed by atoms with E-state index in [1.807, 2.05) is 41.9 Å². The molecule has 2 aromatic heterocycles. The Morgan fingerprint density at radius 1 is 1.12 bits per heavy atom. The van der Waals surface area contributed by atoms with E-state index in [1.54, 1.807) is 6.92 Å². The highest BCUT2D eigenvalue weighted by Crippen LogP contribution is 2.28. The zero-order chi connectivity index (χ0) is 24.2. The third-order valence-electron chi connectivity index (χ3n) is 6.41. The van der Waals surface area contributed by atoms with Gasteiger partial charge in [-0.05, 0) is 51.2 Å². The summed E-state index contributed by atoms with van der Waals surface area (Å²) in [5.74, 6) is -0.376. The van der Waals surface area contributed by atoms with Crippen LogP contribution in [0.2, 0.25) is 0 Å². The summed E-state index contributed by atoms with van der Waals surface area (Å²) in [4.78, 5) is 42.7. The standard InChI is InChI=1S/C25H32N6O3/c1-3-5-16-30-22(26)21(23(32)27-25(30)34)29(4-2)24(33)20-18-14-10-7-11-15-19(18)31(28-20)17-12-8-6-9-13-17/h6,8-9,12-13H,3-5,7,10-11,14-16,26H2,1-2H3,(H,27,32,34). The Morgan fingerprint density at radius 2 is 1.85 bits per heavy atom. The van der Waals surface area contributed by atoms with E-state index in [4.69, 9.17) is 10.8 Å². The summed E-state index contributed by atoms with van der Waals surface area (Å²) in [7, 11) is 0. The predicted molar refractivity (Wildman–Crippen MR) is 133 cm³/mol. The first-order chi connectivity index (χ1) is 16.5. The number of unbranched alkanes of at least 4 members (excludes halogenated alkanes) is 1. The summed E-state index contributed by atoms with van der Waals surface area (Å²) in [5, 5.41) is 4.75. The molecule has 3 N–H and O–H groups in total. The zero-order valence-corrected chi connectivity index (χ0v) is 19.8. The van der Waals surface area contributed by atoms with E-state index in [1.165, 1.54) is 9.47 Å². The summed E-state index contributed by atoms with van der Waals surface area (Å²) in [6.07, 6.45) is 6.27. The molecule has 0 radical (unpaired) electrons. The van der Waals surface area contributed by atoms with E-state index in [9.17, 15) is 14.4 Å². The lowest BCUT2D eigenvalue weighted by Crippen LogP contribution is -2.41. The molecule has 0 saturated heterocycles. The maximum absolute atomic E-state index is 13.9. The van der Waals surface area contributed by atoms with Gasteiger partial charge in [0.25, 0.3) is 11.5 Å². The predicted octanol–water partition coefficient (Wildman–Crippen LogP) is 3.04. The fourth-order valence-electron chi connectivity index (χ4n) is 4.64. The van der Waals surface area contributed by atoms with Crippen molar-refractivity contribution < 1.29 is 4.79 Å². The minimum absolute atomic E-state index is 0.000152. The number of benzene rings is 1. The number of carbonyl (C=O) groups excluding carboxylic acids is 1. The molecule has 1 aliphatic rings. The summed E-state index contributed by atoms with van der Waals surface area (Å²) in [5.41, 5.74) is 8.27. The molecule has 1 amide bonds. The number of rotatable bonds is 7. The van der Waals surface area contributed by atoms with Crippen molar-refractivity contribution in [3.63, 3.8) is 0 Å². The van der Waals surface area contributed by atoms with Crippen LogP contribution in [0.25, 0.3) is 5.69 Å². The van der Waals surface area contributed by atoms with Gasteiger partial charge < -0.3 is 5.73 Å². The average molecular weight is 465 g/mol. The van der Waals surface area contributed by atoms with E-state index in [0.717, 1.165) is 61.9 Å². The molecule has 3 aromatic rings. The molecule has 34 heavy (non-hydrogen) atoms. The monoisotopic (exact) mass is 464 g/mol. The van der Waals surface area contributed by atoms with Crippen LogP contribution in [0.5, 0.6) is 0 Å². The molecule has 0 bridgehead atoms. The molecule has 1 aliphatic carbocycles. The SMILES string of the molecule is CCCCn1c(N)c(N(CC)C(=O)c2nn(-c3ccccc3)c3c2CCCCC3)c(=O)[nH]c1=O. The van der Waals surface area contributed by atoms with Crippen molar-refractivity contribution >= 4 is 17.4 Å². The van der Waals surface area contributed by atoms with Gasteiger partial charge in [-0.2, -0.15) is 5.10 Å². The molecule has 0 aliphatic heterocycles. The number of nitrogen functional groups attached to an aromatic ring is 1. The van der Waals surface area contributed by atoms with Crippen molar-refractivity contribution in [1.29, 1.82) is 0 Å². The maximum Gasteiger partial charge on any atom is 0.330 e. The highest BCUT2D eigenvalue weighted by molar-refractivity contribution is 6.07. The highest BCUT2D eigenvalue weighted by atomic mass is 16.2. The molecule has 4 rings (SSSR count). The quantitative estimate of drug-likeness (QED) is 0.521. The van der Waals surface area contributed by atoms with E-state index in [-0.39, 0.29) is 24.0 Å². The van der Waals surface area contributed by atoms with Gasteiger partial charge >= 0.3 is 5.69 Å². The Labute approximate surface area is 198 Å². The molecular formula is C25H32N6O3. The van der Waals surface area contributed by atoms with Crippen LogP contribution < -0.4 is 21.9 Å². The topological polar surface area (TPSA) is 119 Å². The van der Waals surface area contributed by atoms with Crippen LogP contribution in [0.4, 0.5) is 11.5 Å². The lowest BCUT2D eigenvalue weighted by Gasteiger charge is -2.22. The minimum atomic E-state index is -0.668. The molecule has 1 aromatic carbocycles. The number of H-pyrrole nitrogens is 1. The van der Waals surface area contributed by atoms with E-state index >= 15 is 0 Å². The van der Waals surface area contributed by atoms with Gasteiger partial charge in [0, 0.05) is 24.3 Å². The lowest BCUT2D eigenvalue weighted by molar-refractivity contribution is 0.0982. The van der Waals surface area contributed by atoms with Crippen LogP contribution in [-0.2, 0) is 19.4 Å². The number of amides is 1. The number of aromatic nitrogens is 4. The van der Waals surface area contributed by atoms with Crippen LogP contribution in [0.15, 0.2) is 39.9 Å². The van der Waals surface area contributed by atoms with Crippen LogP contribution in [0.1, 0.15) is 67.7 Å². The van der Waals surface area contributed by atoms with Crippen molar-refractivity contribution in [1.82, 2.24) is 19.3 Å². The summed E-state index contributed by atoms with van der Waals surface area (Å²) >= 11 is 0. The second kappa shape index (κ2) is 10.1. The Hall–Kier alpha value is -3.62. The first-order valence-corrected chi connectivity index (χ1v) is 12.1. The molecule has 180 valence electrons. The van der Waals surface area contributed by atoms with E-state index in [2.05, 4.69) is 4.98 Å². The number of hydrogen-bond donors (Lipinski definition) is 2. The van der Waals surface area contributed by atoms with Crippen molar-refractivity contribution in [2.45, 2.75) is 65.3 Å². The van der Waals surface area contributed by atoms with Crippen LogP contribution in [0.3, 0.4) is 0 Å². The second-order valence-electron chi connectivity index (χ2n) is 8.63. The summed E-state index contributed by atoms with van der Waals surface area (Å²) in [6.45, 7) is 4.37. The third-order valence-corrected chi connectivity index (χ3v) is 6.41. The number of anilines is 2. The Kier molecular flexibility index (Phi) is 7.00. The molecular weight excluding hydrogens is 432 g/mol. The van der Waals surface area contributed by atoms with Gasteiger partial charge in [0.15, 0.2) is 11.4 Å².